The van der Waals surface area contributed by atoms with Crippen LogP contribution in [0.1, 0.15) is 11.3 Å². The number of rotatable bonds is 3. The zero-order valence-electron chi connectivity index (χ0n) is 9.23. The van der Waals surface area contributed by atoms with Gasteiger partial charge >= 0.3 is 0 Å². The van der Waals surface area contributed by atoms with Crippen molar-refractivity contribution in [2.75, 3.05) is 0 Å². The average molecular weight is 279 g/mol. The quantitative estimate of drug-likeness (QED) is 0.857. The molecule has 18 heavy (non-hydrogen) atoms. The average Bonchev–Trinajstić information content (AvgIpc) is 2.38. The third-order valence-electron chi connectivity index (χ3n) is 2.23. The summed E-state index contributed by atoms with van der Waals surface area (Å²) in [6, 6.07) is 10.5. The summed E-state index contributed by atoms with van der Waals surface area (Å²) in [5.74, 6) is 0.552. The van der Waals surface area contributed by atoms with E-state index in [2.05, 4.69) is 4.98 Å². The Morgan fingerprint density at radius 2 is 2.06 bits per heavy atom. The summed E-state index contributed by atoms with van der Waals surface area (Å²) in [4.78, 5) is 3.88. The maximum Gasteiger partial charge on any atom is 0.140 e. The maximum atomic E-state index is 8.73. The van der Waals surface area contributed by atoms with Gasteiger partial charge in [0.1, 0.15) is 24.1 Å². The topological polar surface area (TPSA) is 45.9 Å². The van der Waals surface area contributed by atoms with Crippen LogP contribution < -0.4 is 4.74 Å². The van der Waals surface area contributed by atoms with E-state index in [1.165, 1.54) is 0 Å². The summed E-state index contributed by atoms with van der Waals surface area (Å²) in [7, 11) is 0. The highest BCUT2D eigenvalue weighted by molar-refractivity contribution is 6.35. The molecule has 0 radical (unpaired) electrons. The molecule has 0 aliphatic heterocycles. The summed E-state index contributed by atoms with van der Waals surface area (Å²) in [5, 5.41) is 9.75. The Morgan fingerprint density at radius 1 is 1.22 bits per heavy atom. The molecule has 0 saturated heterocycles. The molecule has 0 atom stereocenters. The molecule has 1 aromatic carbocycles. The molecule has 0 N–H and O–H groups in total. The Kier molecular flexibility index (Phi) is 4.03. The summed E-state index contributed by atoms with van der Waals surface area (Å²) >= 11 is 11.8. The summed E-state index contributed by atoms with van der Waals surface area (Å²) in [6.07, 6.45) is 1.57. The van der Waals surface area contributed by atoms with Gasteiger partial charge in [0.05, 0.1) is 5.02 Å². The van der Waals surface area contributed by atoms with E-state index in [-0.39, 0.29) is 0 Å². The van der Waals surface area contributed by atoms with Crippen molar-refractivity contribution in [2.24, 2.45) is 0 Å². The Morgan fingerprint density at radius 3 is 2.78 bits per heavy atom. The van der Waals surface area contributed by atoms with Crippen molar-refractivity contribution in [3.8, 4) is 11.8 Å². The summed E-state index contributed by atoms with van der Waals surface area (Å²) in [5.41, 5.74) is 1.21. The second kappa shape index (κ2) is 5.72. The highest BCUT2D eigenvalue weighted by atomic mass is 35.5. The van der Waals surface area contributed by atoms with Gasteiger partial charge in [0, 0.05) is 11.2 Å². The number of aromatic nitrogens is 1. The molecule has 0 unspecified atom stereocenters. The molecule has 0 aliphatic carbocycles. The van der Waals surface area contributed by atoms with Gasteiger partial charge in [-0.15, -0.1) is 0 Å². The van der Waals surface area contributed by atoms with Gasteiger partial charge in [-0.2, -0.15) is 5.26 Å². The number of hydrogen-bond donors (Lipinski definition) is 0. The van der Waals surface area contributed by atoms with Gasteiger partial charge < -0.3 is 4.74 Å². The predicted molar refractivity (Wildman–Crippen MR) is 69.7 cm³/mol. The van der Waals surface area contributed by atoms with E-state index in [1.807, 2.05) is 6.07 Å². The van der Waals surface area contributed by atoms with Crippen LogP contribution in [0.5, 0.6) is 5.75 Å². The van der Waals surface area contributed by atoms with Gasteiger partial charge in [0.25, 0.3) is 0 Å². The van der Waals surface area contributed by atoms with Crippen molar-refractivity contribution in [3.63, 3.8) is 0 Å². The Bertz CT molecular complexity index is 608. The van der Waals surface area contributed by atoms with Crippen molar-refractivity contribution in [1.29, 1.82) is 5.26 Å². The van der Waals surface area contributed by atoms with E-state index in [1.54, 1.807) is 36.5 Å². The molecule has 0 aliphatic rings. The zero-order chi connectivity index (χ0) is 13.0. The van der Waals surface area contributed by atoms with Gasteiger partial charge in [0.15, 0.2) is 0 Å². The Hall–Kier alpha value is -1.76. The predicted octanol–water partition coefficient (Wildman–Crippen LogP) is 3.84. The second-order valence-electron chi connectivity index (χ2n) is 3.52. The number of nitriles is 1. The van der Waals surface area contributed by atoms with Crippen molar-refractivity contribution < 1.29 is 4.74 Å². The van der Waals surface area contributed by atoms with Crippen molar-refractivity contribution in [3.05, 3.63) is 57.8 Å². The molecule has 3 nitrogen and oxygen atoms in total. The molecule has 0 fully saturated rings. The van der Waals surface area contributed by atoms with Crippen LogP contribution in [0.2, 0.25) is 10.0 Å². The first-order valence-corrected chi connectivity index (χ1v) is 5.87. The lowest BCUT2D eigenvalue weighted by Gasteiger charge is -2.08. The number of nitrogens with zero attached hydrogens (tertiary/aromatic N) is 2. The number of pyridine rings is 1. The first-order chi connectivity index (χ1) is 8.69. The molecule has 2 rings (SSSR count). The van der Waals surface area contributed by atoms with Crippen LogP contribution in [0.4, 0.5) is 0 Å². The molecule has 1 aromatic heterocycles. The van der Waals surface area contributed by atoms with Crippen LogP contribution in [-0.4, -0.2) is 4.98 Å². The van der Waals surface area contributed by atoms with E-state index < -0.39 is 0 Å². The van der Waals surface area contributed by atoms with Crippen LogP contribution in [0.15, 0.2) is 36.5 Å². The van der Waals surface area contributed by atoms with E-state index in [4.69, 9.17) is 33.2 Å². The minimum Gasteiger partial charge on any atom is -0.487 e. The van der Waals surface area contributed by atoms with Gasteiger partial charge in [-0.05, 0) is 35.9 Å². The SMILES string of the molecule is N#Cc1cc(COc2ccc(Cl)cc2Cl)ccn1. The monoisotopic (exact) mass is 278 g/mol. The molecule has 0 spiro atoms. The number of hydrogen-bond acceptors (Lipinski definition) is 3. The van der Waals surface area contributed by atoms with Crippen molar-refractivity contribution in [1.82, 2.24) is 4.98 Å². The highest BCUT2D eigenvalue weighted by Gasteiger charge is 2.03. The van der Waals surface area contributed by atoms with Crippen LogP contribution in [0.25, 0.3) is 0 Å². The van der Waals surface area contributed by atoms with E-state index in [9.17, 15) is 0 Å². The minimum absolute atomic E-state index is 0.318. The fourth-order valence-electron chi connectivity index (χ4n) is 1.38. The van der Waals surface area contributed by atoms with Crippen LogP contribution in [0, 0.1) is 11.3 Å². The number of halogens is 2. The Balaban J connectivity index is 2.09. The molecular weight excluding hydrogens is 271 g/mol. The molecule has 5 heteroatoms. The van der Waals surface area contributed by atoms with E-state index in [0.717, 1.165) is 5.56 Å². The van der Waals surface area contributed by atoms with Gasteiger partial charge in [-0.3, -0.25) is 0 Å². The largest absolute Gasteiger partial charge is 0.487 e. The van der Waals surface area contributed by atoms with Gasteiger partial charge in [-0.1, -0.05) is 23.2 Å². The molecule has 1 heterocycles. The summed E-state index contributed by atoms with van der Waals surface area (Å²) < 4.78 is 5.55. The molecule has 90 valence electrons. The van der Waals surface area contributed by atoms with E-state index in [0.29, 0.717) is 28.1 Å². The third-order valence-corrected chi connectivity index (χ3v) is 2.76. The first-order valence-electron chi connectivity index (χ1n) is 5.12. The number of benzene rings is 1. The standard InChI is InChI=1S/C13H8Cl2N2O/c14-10-1-2-13(12(15)6-10)18-8-9-3-4-17-11(5-9)7-16/h1-6H,8H2. The smallest absolute Gasteiger partial charge is 0.140 e. The number of ether oxygens (including phenoxy) is 1. The lowest BCUT2D eigenvalue weighted by atomic mass is 10.2. The second-order valence-corrected chi connectivity index (χ2v) is 4.37. The van der Waals surface area contributed by atoms with Gasteiger partial charge in [-0.25, -0.2) is 4.98 Å². The van der Waals surface area contributed by atoms with E-state index >= 15 is 0 Å². The lowest BCUT2D eigenvalue weighted by Crippen LogP contribution is -1.97. The molecule has 0 bridgehead atoms. The molecule has 0 saturated carbocycles. The lowest BCUT2D eigenvalue weighted by molar-refractivity contribution is 0.306. The van der Waals surface area contributed by atoms with Crippen LogP contribution in [0.3, 0.4) is 0 Å². The molecule has 0 amide bonds. The van der Waals surface area contributed by atoms with Crippen LogP contribution >= 0.6 is 23.2 Å². The highest BCUT2D eigenvalue weighted by Crippen LogP contribution is 2.28. The van der Waals surface area contributed by atoms with Crippen molar-refractivity contribution >= 4 is 23.2 Å². The van der Waals surface area contributed by atoms with Crippen LogP contribution in [-0.2, 0) is 6.61 Å². The minimum atomic E-state index is 0.318. The normalized spacial score (nSPS) is 9.83. The first kappa shape index (κ1) is 12.7. The molecule has 2 aromatic rings. The fourth-order valence-corrected chi connectivity index (χ4v) is 1.84. The molecular formula is C13H8Cl2N2O. The fraction of sp³-hybridized carbons (Fsp3) is 0.0769. The van der Waals surface area contributed by atoms with Crippen molar-refractivity contribution in [2.45, 2.75) is 6.61 Å². The third kappa shape index (κ3) is 3.13. The zero-order valence-corrected chi connectivity index (χ0v) is 10.7. The Labute approximate surface area is 115 Å². The summed E-state index contributed by atoms with van der Waals surface area (Å²) in [6.45, 7) is 0.318. The maximum absolute atomic E-state index is 8.73. The van der Waals surface area contributed by atoms with Gasteiger partial charge in [0.2, 0.25) is 0 Å².